The lowest BCUT2D eigenvalue weighted by molar-refractivity contribution is 0.414. The van der Waals surface area contributed by atoms with Crippen molar-refractivity contribution in [2.24, 2.45) is 0 Å². The SMILES string of the molecule is COc1ccc(CNC(c2ccc(C#N)cc2)c2ccc(OC)cc2)cc1. The number of benzene rings is 3. The zero-order valence-electron chi connectivity index (χ0n) is 15.5. The number of ether oxygens (including phenoxy) is 2. The molecule has 0 bridgehead atoms. The van der Waals surface area contributed by atoms with Gasteiger partial charge >= 0.3 is 0 Å². The first kappa shape index (κ1) is 18.5. The lowest BCUT2D eigenvalue weighted by Gasteiger charge is -2.20. The fourth-order valence-corrected chi connectivity index (χ4v) is 2.94. The molecule has 0 saturated heterocycles. The van der Waals surface area contributed by atoms with Gasteiger partial charge in [0.1, 0.15) is 11.5 Å². The number of nitrogens with zero attached hydrogens (tertiary/aromatic N) is 1. The number of rotatable bonds is 7. The molecule has 0 aliphatic heterocycles. The Balaban J connectivity index is 1.84. The molecule has 0 heterocycles. The summed E-state index contributed by atoms with van der Waals surface area (Å²) in [5.74, 6) is 1.67. The van der Waals surface area contributed by atoms with E-state index in [4.69, 9.17) is 14.7 Å². The van der Waals surface area contributed by atoms with Crippen molar-refractivity contribution in [3.05, 3.63) is 95.1 Å². The summed E-state index contributed by atoms with van der Waals surface area (Å²) >= 11 is 0. The molecule has 0 amide bonds. The molecule has 0 radical (unpaired) electrons. The smallest absolute Gasteiger partial charge is 0.118 e. The van der Waals surface area contributed by atoms with Crippen LogP contribution in [-0.2, 0) is 6.54 Å². The molecule has 0 saturated carbocycles. The van der Waals surface area contributed by atoms with Gasteiger partial charge in [0.05, 0.1) is 31.9 Å². The molecule has 3 rings (SSSR count). The molecule has 3 aromatic rings. The van der Waals surface area contributed by atoms with Crippen LogP contribution in [0.3, 0.4) is 0 Å². The summed E-state index contributed by atoms with van der Waals surface area (Å²) in [5, 5.41) is 12.7. The quantitative estimate of drug-likeness (QED) is 0.678. The third-order valence-electron chi connectivity index (χ3n) is 4.49. The molecule has 0 aromatic heterocycles. The summed E-state index contributed by atoms with van der Waals surface area (Å²) in [6, 6.07) is 25.9. The van der Waals surface area contributed by atoms with Crippen LogP contribution in [-0.4, -0.2) is 14.2 Å². The molecule has 27 heavy (non-hydrogen) atoms. The number of methoxy groups -OCH3 is 2. The standard InChI is InChI=1S/C23H22N2O2/c1-26-21-11-5-18(6-12-21)16-25-23(19-7-3-17(15-24)4-8-19)20-9-13-22(27-2)14-10-20/h3-14,23,25H,16H2,1-2H3. The average molecular weight is 358 g/mol. The third-order valence-corrected chi connectivity index (χ3v) is 4.49. The molecule has 0 fully saturated rings. The molecule has 1 unspecified atom stereocenters. The van der Waals surface area contributed by atoms with E-state index in [0.29, 0.717) is 12.1 Å². The van der Waals surface area contributed by atoms with Crippen molar-refractivity contribution in [2.45, 2.75) is 12.6 Å². The molecule has 4 heteroatoms. The van der Waals surface area contributed by atoms with Gasteiger partial charge in [0.2, 0.25) is 0 Å². The van der Waals surface area contributed by atoms with Crippen molar-refractivity contribution in [3.63, 3.8) is 0 Å². The van der Waals surface area contributed by atoms with Crippen LogP contribution in [0.2, 0.25) is 0 Å². The van der Waals surface area contributed by atoms with E-state index in [1.807, 2.05) is 48.5 Å². The Kier molecular flexibility index (Phi) is 6.09. The van der Waals surface area contributed by atoms with Gasteiger partial charge in [-0.2, -0.15) is 5.26 Å². The van der Waals surface area contributed by atoms with E-state index in [-0.39, 0.29) is 6.04 Å². The summed E-state index contributed by atoms with van der Waals surface area (Å²) in [6.45, 7) is 0.709. The first-order chi connectivity index (χ1) is 13.2. The van der Waals surface area contributed by atoms with Crippen molar-refractivity contribution < 1.29 is 9.47 Å². The second-order valence-corrected chi connectivity index (χ2v) is 6.17. The normalized spacial score (nSPS) is 11.4. The topological polar surface area (TPSA) is 54.3 Å². The van der Waals surface area contributed by atoms with E-state index in [9.17, 15) is 0 Å². The predicted octanol–water partition coefficient (Wildman–Crippen LogP) is 4.45. The van der Waals surface area contributed by atoms with Gasteiger partial charge in [0.15, 0.2) is 0 Å². The second-order valence-electron chi connectivity index (χ2n) is 6.17. The molecule has 136 valence electrons. The van der Waals surface area contributed by atoms with E-state index >= 15 is 0 Å². The molecular formula is C23H22N2O2. The summed E-state index contributed by atoms with van der Waals surface area (Å²) < 4.78 is 10.5. The molecule has 0 aliphatic carbocycles. The van der Waals surface area contributed by atoms with Gasteiger partial charge in [-0.15, -0.1) is 0 Å². The van der Waals surface area contributed by atoms with Gasteiger partial charge < -0.3 is 14.8 Å². The molecule has 0 aliphatic rings. The Morgan fingerprint density at radius 2 is 1.26 bits per heavy atom. The van der Waals surface area contributed by atoms with Crippen LogP contribution in [0.4, 0.5) is 0 Å². The monoisotopic (exact) mass is 358 g/mol. The van der Waals surface area contributed by atoms with Crippen molar-refractivity contribution in [2.75, 3.05) is 14.2 Å². The number of nitriles is 1. The van der Waals surface area contributed by atoms with E-state index in [1.54, 1.807) is 14.2 Å². The fourth-order valence-electron chi connectivity index (χ4n) is 2.94. The van der Waals surface area contributed by atoms with Gasteiger partial charge in [0.25, 0.3) is 0 Å². The Morgan fingerprint density at radius 1 is 0.778 bits per heavy atom. The van der Waals surface area contributed by atoms with E-state index in [1.165, 1.54) is 5.56 Å². The van der Waals surface area contributed by atoms with Crippen molar-refractivity contribution in [1.82, 2.24) is 5.32 Å². The molecule has 3 aromatic carbocycles. The Morgan fingerprint density at radius 3 is 1.74 bits per heavy atom. The zero-order valence-corrected chi connectivity index (χ0v) is 15.5. The van der Waals surface area contributed by atoms with Crippen LogP contribution in [0.15, 0.2) is 72.8 Å². The maximum absolute atomic E-state index is 9.05. The van der Waals surface area contributed by atoms with Gasteiger partial charge in [0, 0.05) is 6.54 Å². The van der Waals surface area contributed by atoms with Crippen molar-refractivity contribution in [3.8, 4) is 17.6 Å². The van der Waals surface area contributed by atoms with Crippen LogP contribution in [0.25, 0.3) is 0 Å². The fraction of sp³-hybridized carbons (Fsp3) is 0.174. The highest BCUT2D eigenvalue weighted by Crippen LogP contribution is 2.25. The number of nitrogens with one attached hydrogen (secondary N) is 1. The highest BCUT2D eigenvalue weighted by molar-refractivity contribution is 5.39. The first-order valence-corrected chi connectivity index (χ1v) is 8.74. The van der Waals surface area contributed by atoms with Gasteiger partial charge in [-0.05, 0) is 53.1 Å². The minimum Gasteiger partial charge on any atom is -0.497 e. The zero-order chi connectivity index (χ0) is 19.1. The van der Waals surface area contributed by atoms with Crippen LogP contribution in [0.1, 0.15) is 28.3 Å². The summed E-state index contributed by atoms with van der Waals surface area (Å²) in [5.41, 5.74) is 4.06. The average Bonchev–Trinajstić information content (AvgIpc) is 2.75. The summed E-state index contributed by atoms with van der Waals surface area (Å²) in [7, 11) is 3.33. The summed E-state index contributed by atoms with van der Waals surface area (Å²) in [4.78, 5) is 0. The van der Waals surface area contributed by atoms with Crippen LogP contribution in [0.5, 0.6) is 11.5 Å². The minimum absolute atomic E-state index is 0.00532. The highest BCUT2D eigenvalue weighted by Gasteiger charge is 2.14. The molecule has 4 nitrogen and oxygen atoms in total. The van der Waals surface area contributed by atoms with Gasteiger partial charge in [-0.25, -0.2) is 0 Å². The maximum atomic E-state index is 9.05. The van der Waals surface area contributed by atoms with E-state index in [2.05, 4.69) is 35.7 Å². The van der Waals surface area contributed by atoms with E-state index in [0.717, 1.165) is 22.6 Å². The Hall–Kier alpha value is -3.29. The molecular weight excluding hydrogens is 336 g/mol. The summed E-state index contributed by atoms with van der Waals surface area (Å²) in [6.07, 6.45) is 0. The van der Waals surface area contributed by atoms with E-state index < -0.39 is 0 Å². The lowest BCUT2D eigenvalue weighted by atomic mass is 9.97. The van der Waals surface area contributed by atoms with Crippen LogP contribution in [0, 0.1) is 11.3 Å². The van der Waals surface area contributed by atoms with Crippen molar-refractivity contribution in [1.29, 1.82) is 5.26 Å². The third kappa shape index (κ3) is 4.66. The van der Waals surface area contributed by atoms with Gasteiger partial charge in [-0.1, -0.05) is 36.4 Å². The molecule has 1 N–H and O–H groups in total. The maximum Gasteiger partial charge on any atom is 0.118 e. The van der Waals surface area contributed by atoms with Crippen molar-refractivity contribution >= 4 is 0 Å². The number of hydrogen-bond donors (Lipinski definition) is 1. The lowest BCUT2D eigenvalue weighted by Crippen LogP contribution is -2.22. The largest absolute Gasteiger partial charge is 0.497 e. The predicted molar refractivity (Wildman–Crippen MR) is 106 cm³/mol. The van der Waals surface area contributed by atoms with Gasteiger partial charge in [-0.3, -0.25) is 0 Å². The second kappa shape index (κ2) is 8.88. The number of hydrogen-bond acceptors (Lipinski definition) is 4. The van der Waals surface area contributed by atoms with Crippen LogP contribution < -0.4 is 14.8 Å². The molecule has 1 atom stereocenters. The Labute approximate surface area is 160 Å². The Bertz CT molecular complexity index is 895. The minimum atomic E-state index is 0.00532. The molecule has 0 spiro atoms. The van der Waals surface area contributed by atoms with Crippen LogP contribution >= 0.6 is 0 Å². The first-order valence-electron chi connectivity index (χ1n) is 8.74. The highest BCUT2D eigenvalue weighted by atomic mass is 16.5.